The average Bonchev–Trinajstić information content (AvgIpc) is 2.71. The maximum atomic E-state index is 9.53. The fourth-order valence-electron chi connectivity index (χ4n) is 2.99. The summed E-state index contributed by atoms with van der Waals surface area (Å²) in [4.78, 5) is 2.39. The van der Waals surface area contributed by atoms with Gasteiger partial charge in [-0.3, -0.25) is 0 Å². The van der Waals surface area contributed by atoms with Crippen molar-refractivity contribution in [3.8, 4) is 0 Å². The molecular formula is C12H24N2O. The number of nitrogens with one attached hydrogen (secondary N) is 1. The summed E-state index contributed by atoms with van der Waals surface area (Å²) in [5.74, 6) is 0. The first-order chi connectivity index (χ1) is 7.24. The second-order valence-corrected chi connectivity index (χ2v) is 5.37. The van der Waals surface area contributed by atoms with E-state index in [1.54, 1.807) is 0 Å². The maximum absolute atomic E-state index is 9.53. The quantitative estimate of drug-likeness (QED) is 0.732. The summed E-state index contributed by atoms with van der Waals surface area (Å²) in [5, 5.41) is 13.3. The van der Waals surface area contributed by atoms with Gasteiger partial charge in [-0.05, 0) is 45.8 Å². The van der Waals surface area contributed by atoms with E-state index in [2.05, 4.69) is 17.3 Å². The van der Waals surface area contributed by atoms with Crippen LogP contribution in [0.3, 0.4) is 0 Å². The molecule has 2 rings (SSSR count). The third kappa shape index (κ3) is 2.71. The fourth-order valence-corrected chi connectivity index (χ4v) is 2.99. The van der Waals surface area contributed by atoms with Crippen LogP contribution in [0.1, 0.15) is 38.5 Å². The Labute approximate surface area is 92.8 Å². The SMILES string of the molecule is CN1CCC(NC2(CO)CCCC2)CC1. The maximum Gasteiger partial charge on any atom is 0.0613 e. The van der Waals surface area contributed by atoms with Crippen molar-refractivity contribution in [2.45, 2.75) is 50.1 Å². The van der Waals surface area contributed by atoms with E-state index in [9.17, 15) is 5.11 Å². The van der Waals surface area contributed by atoms with Crippen LogP contribution < -0.4 is 5.32 Å². The Morgan fingerprint density at radius 1 is 1.27 bits per heavy atom. The van der Waals surface area contributed by atoms with Crippen LogP contribution in [0.15, 0.2) is 0 Å². The Balaban J connectivity index is 1.84. The number of hydrogen-bond donors (Lipinski definition) is 2. The molecule has 1 aliphatic carbocycles. The smallest absolute Gasteiger partial charge is 0.0613 e. The molecular weight excluding hydrogens is 188 g/mol. The molecule has 1 saturated heterocycles. The minimum absolute atomic E-state index is 0.0700. The molecule has 3 heteroatoms. The van der Waals surface area contributed by atoms with Crippen LogP contribution in [-0.2, 0) is 0 Å². The van der Waals surface area contributed by atoms with Crippen molar-refractivity contribution in [1.29, 1.82) is 0 Å². The molecule has 2 fully saturated rings. The molecule has 0 amide bonds. The van der Waals surface area contributed by atoms with Crippen molar-refractivity contribution in [1.82, 2.24) is 10.2 Å². The van der Waals surface area contributed by atoms with Crippen LogP contribution in [0, 0.1) is 0 Å². The molecule has 0 radical (unpaired) electrons. The summed E-state index contributed by atoms with van der Waals surface area (Å²) in [5.41, 5.74) is 0.0700. The van der Waals surface area contributed by atoms with Crippen LogP contribution in [0.5, 0.6) is 0 Å². The number of aliphatic hydroxyl groups excluding tert-OH is 1. The lowest BCUT2D eigenvalue weighted by atomic mass is 9.94. The van der Waals surface area contributed by atoms with Gasteiger partial charge in [0.2, 0.25) is 0 Å². The topological polar surface area (TPSA) is 35.5 Å². The van der Waals surface area contributed by atoms with E-state index in [1.165, 1.54) is 38.8 Å². The second-order valence-electron chi connectivity index (χ2n) is 5.37. The van der Waals surface area contributed by atoms with E-state index in [0.29, 0.717) is 12.6 Å². The first-order valence-corrected chi connectivity index (χ1v) is 6.31. The molecule has 88 valence electrons. The Hall–Kier alpha value is -0.120. The predicted molar refractivity (Wildman–Crippen MR) is 61.9 cm³/mol. The molecule has 15 heavy (non-hydrogen) atoms. The third-order valence-electron chi connectivity index (χ3n) is 4.09. The second kappa shape index (κ2) is 4.81. The Morgan fingerprint density at radius 3 is 2.40 bits per heavy atom. The summed E-state index contributed by atoms with van der Waals surface area (Å²) < 4.78 is 0. The van der Waals surface area contributed by atoms with Gasteiger partial charge in [-0.15, -0.1) is 0 Å². The molecule has 1 heterocycles. The normalized spacial score (nSPS) is 28.4. The molecule has 0 aromatic rings. The Bertz CT molecular complexity index is 194. The minimum atomic E-state index is 0.0700. The minimum Gasteiger partial charge on any atom is -0.394 e. The standard InChI is InChI=1S/C12H24N2O/c1-14-8-4-11(5-9-14)13-12(10-15)6-2-3-7-12/h11,13,15H,2-10H2,1H3. The predicted octanol–water partition coefficient (Wildman–Crippen LogP) is 0.975. The molecule has 0 spiro atoms. The highest BCUT2D eigenvalue weighted by molar-refractivity contribution is 4.95. The van der Waals surface area contributed by atoms with Crippen molar-refractivity contribution in [2.24, 2.45) is 0 Å². The van der Waals surface area contributed by atoms with Crippen molar-refractivity contribution in [3.05, 3.63) is 0 Å². The molecule has 0 unspecified atom stereocenters. The lowest BCUT2D eigenvalue weighted by molar-refractivity contribution is 0.129. The lowest BCUT2D eigenvalue weighted by Crippen LogP contribution is -2.54. The number of piperidine rings is 1. The van der Waals surface area contributed by atoms with E-state index in [-0.39, 0.29) is 5.54 Å². The van der Waals surface area contributed by atoms with Gasteiger partial charge in [-0.2, -0.15) is 0 Å². The molecule has 2 N–H and O–H groups in total. The first-order valence-electron chi connectivity index (χ1n) is 6.31. The highest BCUT2D eigenvalue weighted by Crippen LogP contribution is 2.30. The number of nitrogens with zero attached hydrogens (tertiary/aromatic N) is 1. The van der Waals surface area contributed by atoms with Gasteiger partial charge in [-0.1, -0.05) is 12.8 Å². The van der Waals surface area contributed by atoms with Crippen molar-refractivity contribution < 1.29 is 5.11 Å². The molecule has 1 aliphatic heterocycles. The highest BCUT2D eigenvalue weighted by atomic mass is 16.3. The van der Waals surface area contributed by atoms with Gasteiger partial charge in [0.1, 0.15) is 0 Å². The van der Waals surface area contributed by atoms with Crippen LogP contribution in [0.4, 0.5) is 0 Å². The molecule has 0 atom stereocenters. The summed E-state index contributed by atoms with van der Waals surface area (Å²) in [6, 6.07) is 0.631. The first kappa shape index (κ1) is 11.4. The van der Waals surface area contributed by atoms with Gasteiger partial charge in [0.05, 0.1) is 6.61 Å². The van der Waals surface area contributed by atoms with E-state index in [1.807, 2.05) is 0 Å². The summed E-state index contributed by atoms with van der Waals surface area (Å²) in [6.45, 7) is 2.71. The van der Waals surface area contributed by atoms with Gasteiger partial charge in [-0.25, -0.2) is 0 Å². The molecule has 0 bridgehead atoms. The van der Waals surface area contributed by atoms with E-state index in [0.717, 1.165) is 12.8 Å². The number of aliphatic hydroxyl groups is 1. The van der Waals surface area contributed by atoms with E-state index < -0.39 is 0 Å². The van der Waals surface area contributed by atoms with Crippen molar-refractivity contribution in [2.75, 3.05) is 26.7 Å². The van der Waals surface area contributed by atoms with Crippen LogP contribution in [0.25, 0.3) is 0 Å². The molecule has 0 aromatic carbocycles. The summed E-state index contributed by atoms with van der Waals surface area (Å²) in [7, 11) is 2.19. The Kier molecular flexibility index (Phi) is 3.65. The van der Waals surface area contributed by atoms with Crippen LogP contribution >= 0.6 is 0 Å². The van der Waals surface area contributed by atoms with Gasteiger partial charge >= 0.3 is 0 Å². The number of hydrogen-bond acceptors (Lipinski definition) is 3. The molecule has 0 aromatic heterocycles. The van der Waals surface area contributed by atoms with Crippen LogP contribution in [0.2, 0.25) is 0 Å². The van der Waals surface area contributed by atoms with Gasteiger partial charge in [0.25, 0.3) is 0 Å². The molecule has 2 aliphatic rings. The monoisotopic (exact) mass is 212 g/mol. The molecule has 3 nitrogen and oxygen atoms in total. The lowest BCUT2D eigenvalue weighted by Gasteiger charge is -2.37. The van der Waals surface area contributed by atoms with E-state index in [4.69, 9.17) is 0 Å². The summed E-state index contributed by atoms with van der Waals surface area (Å²) >= 11 is 0. The summed E-state index contributed by atoms with van der Waals surface area (Å²) in [6.07, 6.45) is 7.35. The van der Waals surface area contributed by atoms with Crippen molar-refractivity contribution >= 4 is 0 Å². The third-order valence-corrected chi connectivity index (χ3v) is 4.09. The zero-order chi connectivity index (χ0) is 10.7. The largest absolute Gasteiger partial charge is 0.394 e. The molecule has 1 saturated carbocycles. The fraction of sp³-hybridized carbons (Fsp3) is 1.00. The van der Waals surface area contributed by atoms with Gasteiger partial charge in [0.15, 0.2) is 0 Å². The van der Waals surface area contributed by atoms with Crippen molar-refractivity contribution in [3.63, 3.8) is 0 Å². The highest BCUT2D eigenvalue weighted by Gasteiger charge is 2.35. The Morgan fingerprint density at radius 2 is 1.87 bits per heavy atom. The zero-order valence-electron chi connectivity index (χ0n) is 9.84. The zero-order valence-corrected chi connectivity index (χ0v) is 9.84. The van der Waals surface area contributed by atoms with Crippen LogP contribution in [-0.4, -0.2) is 48.3 Å². The number of rotatable bonds is 3. The van der Waals surface area contributed by atoms with Gasteiger partial charge < -0.3 is 15.3 Å². The number of likely N-dealkylation sites (tertiary alicyclic amines) is 1. The van der Waals surface area contributed by atoms with E-state index >= 15 is 0 Å². The van der Waals surface area contributed by atoms with Gasteiger partial charge in [0, 0.05) is 11.6 Å². The average molecular weight is 212 g/mol.